The zero-order chi connectivity index (χ0) is 11.0. The molecule has 0 saturated heterocycles. The fraction of sp³-hybridized carbons (Fsp3) is 0.417. The predicted octanol–water partition coefficient (Wildman–Crippen LogP) is 2.98. The summed E-state index contributed by atoms with van der Waals surface area (Å²) in [5, 5.41) is 0. The molecule has 1 atom stereocenters. The number of anilines is 1. The number of hydrogen-bond acceptors (Lipinski definition) is 1. The van der Waals surface area contributed by atoms with Crippen molar-refractivity contribution in [2.75, 3.05) is 4.90 Å². The van der Waals surface area contributed by atoms with Crippen LogP contribution < -0.4 is 4.90 Å². The number of nitrogens with zero attached hydrogens (tertiary/aromatic N) is 1. The third-order valence-electron chi connectivity index (χ3n) is 2.91. The van der Waals surface area contributed by atoms with E-state index in [9.17, 15) is 4.79 Å². The molecular formula is C12H14INO. The van der Waals surface area contributed by atoms with Crippen LogP contribution in [0.25, 0.3) is 0 Å². The summed E-state index contributed by atoms with van der Waals surface area (Å²) in [5.41, 5.74) is 2.40. The Balaban J connectivity index is 2.48. The fourth-order valence-electron chi connectivity index (χ4n) is 2.20. The Morgan fingerprint density at radius 2 is 2.27 bits per heavy atom. The lowest BCUT2D eigenvalue weighted by atomic mass is 9.97. The van der Waals surface area contributed by atoms with E-state index in [1.165, 1.54) is 9.13 Å². The number of aryl methyl sites for hydroxylation is 1. The van der Waals surface area contributed by atoms with Crippen LogP contribution in [-0.2, 0) is 11.2 Å². The topological polar surface area (TPSA) is 20.3 Å². The van der Waals surface area contributed by atoms with Crippen LogP contribution in [0, 0.1) is 3.57 Å². The van der Waals surface area contributed by atoms with E-state index in [-0.39, 0.29) is 5.91 Å². The molecule has 1 amide bonds. The van der Waals surface area contributed by atoms with E-state index in [1.54, 1.807) is 6.92 Å². The van der Waals surface area contributed by atoms with Crippen molar-refractivity contribution < 1.29 is 4.79 Å². The molecule has 1 aliphatic heterocycles. The number of hydrogen-bond donors (Lipinski definition) is 0. The van der Waals surface area contributed by atoms with Crippen LogP contribution in [0.2, 0.25) is 0 Å². The van der Waals surface area contributed by atoms with E-state index >= 15 is 0 Å². The second-order valence-electron chi connectivity index (χ2n) is 4.05. The van der Waals surface area contributed by atoms with Gasteiger partial charge >= 0.3 is 0 Å². The van der Waals surface area contributed by atoms with Crippen LogP contribution in [0.4, 0.5) is 5.69 Å². The van der Waals surface area contributed by atoms with Crippen LogP contribution >= 0.6 is 22.6 Å². The summed E-state index contributed by atoms with van der Waals surface area (Å²) in [5.74, 6) is 0.143. The number of amides is 1. The van der Waals surface area contributed by atoms with Gasteiger partial charge in [-0.05, 0) is 66.1 Å². The number of benzene rings is 1. The first-order valence-corrected chi connectivity index (χ1v) is 6.25. The molecule has 3 heteroatoms. The molecule has 80 valence electrons. The summed E-state index contributed by atoms with van der Waals surface area (Å²) in [6.45, 7) is 3.76. The molecule has 1 aromatic carbocycles. The Bertz CT molecular complexity index is 403. The molecule has 1 heterocycles. The largest absolute Gasteiger partial charge is 0.310 e. The lowest BCUT2D eigenvalue weighted by molar-refractivity contribution is -0.117. The van der Waals surface area contributed by atoms with Crippen molar-refractivity contribution >= 4 is 34.2 Å². The van der Waals surface area contributed by atoms with Crippen molar-refractivity contribution in [3.63, 3.8) is 0 Å². The van der Waals surface area contributed by atoms with Gasteiger partial charge < -0.3 is 4.90 Å². The highest BCUT2D eigenvalue weighted by molar-refractivity contribution is 14.1. The zero-order valence-electron chi connectivity index (χ0n) is 8.96. The summed E-state index contributed by atoms with van der Waals surface area (Å²) in [4.78, 5) is 13.5. The Hall–Kier alpha value is -0.580. The van der Waals surface area contributed by atoms with Crippen LogP contribution in [0.3, 0.4) is 0 Å². The highest BCUT2D eigenvalue weighted by Crippen LogP contribution is 2.31. The van der Waals surface area contributed by atoms with Crippen LogP contribution in [0.15, 0.2) is 18.2 Å². The van der Waals surface area contributed by atoms with Gasteiger partial charge in [0.15, 0.2) is 0 Å². The van der Waals surface area contributed by atoms with Crippen molar-refractivity contribution in [1.82, 2.24) is 0 Å². The maximum atomic E-state index is 11.6. The maximum absolute atomic E-state index is 11.6. The molecule has 2 nitrogen and oxygen atoms in total. The molecule has 0 spiro atoms. The van der Waals surface area contributed by atoms with E-state index in [0.29, 0.717) is 6.04 Å². The number of carbonyl (C=O) groups is 1. The van der Waals surface area contributed by atoms with Gasteiger partial charge in [-0.2, -0.15) is 0 Å². The summed E-state index contributed by atoms with van der Waals surface area (Å²) < 4.78 is 1.24. The van der Waals surface area contributed by atoms with Gasteiger partial charge in [0.05, 0.1) is 0 Å². The first kappa shape index (κ1) is 10.9. The monoisotopic (exact) mass is 315 g/mol. The Labute approximate surface area is 104 Å². The minimum Gasteiger partial charge on any atom is -0.310 e. The predicted molar refractivity (Wildman–Crippen MR) is 70.1 cm³/mol. The smallest absolute Gasteiger partial charge is 0.224 e. The molecule has 2 rings (SSSR count). The molecule has 0 aromatic heterocycles. The molecular weight excluding hydrogens is 301 g/mol. The van der Waals surface area contributed by atoms with Gasteiger partial charge in [0.2, 0.25) is 5.91 Å². The highest BCUT2D eigenvalue weighted by Gasteiger charge is 2.25. The molecule has 0 bridgehead atoms. The average molecular weight is 315 g/mol. The van der Waals surface area contributed by atoms with Gasteiger partial charge in [0, 0.05) is 22.2 Å². The zero-order valence-corrected chi connectivity index (χ0v) is 11.1. The molecule has 0 unspecified atom stereocenters. The Kier molecular flexibility index (Phi) is 3.00. The van der Waals surface area contributed by atoms with Gasteiger partial charge in [-0.25, -0.2) is 0 Å². The summed E-state index contributed by atoms with van der Waals surface area (Å²) in [7, 11) is 0. The quantitative estimate of drug-likeness (QED) is 0.674. The molecule has 15 heavy (non-hydrogen) atoms. The molecule has 0 N–H and O–H groups in total. The van der Waals surface area contributed by atoms with Gasteiger partial charge in [0.1, 0.15) is 0 Å². The van der Waals surface area contributed by atoms with E-state index < -0.39 is 0 Å². The standard InChI is InChI=1S/C12H14INO/c1-8-3-4-10-7-11(13)5-6-12(10)14(8)9(2)15/h5-8H,3-4H2,1-2H3/t8-/m0/s1. The van der Waals surface area contributed by atoms with Gasteiger partial charge in [0.25, 0.3) is 0 Å². The van der Waals surface area contributed by atoms with Crippen LogP contribution in [0.5, 0.6) is 0 Å². The van der Waals surface area contributed by atoms with Gasteiger partial charge in [-0.1, -0.05) is 0 Å². The van der Waals surface area contributed by atoms with Gasteiger partial charge in [-0.15, -0.1) is 0 Å². The normalized spacial score (nSPS) is 19.9. The minimum absolute atomic E-state index is 0.143. The third-order valence-corrected chi connectivity index (χ3v) is 3.58. The summed E-state index contributed by atoms with van der Waals surface area (Å²) >= 11 is 2.31. The first-order chi connectivity index (χ1) is 7.09. The van der Waals surface area contributed by atoms with E-state index in [4.69, 9.17) is 0 Å². The SMILES string of the molecule is CC(=O)N1c2ccc(I)cc2CC[C@@H]1C. The molecule has 1 aromatic rings. The minimum atomic E-state index is 0.143. The Morgan fingerprint density at radius 3 is 2.93 bits per heavy atom. The maximum Gasteiger partial charge on any atom is 0.224 e. The van der Waals surface area contributed by atoms with Crippen LogP contribution in [0.1, 0.15) is 25.8 Å². The number of rotatable bonds is 0. The Morgan fingerprint density at radius 1 is 1.53 bits per heavy atom. The summed E-state index contributed by atoms with van der Waals surface area (Å²) in [6.07, 6.45) is 2.14. The first-order valence-electron chi connectivity index (χ1n) is 5.18. The second-order valence-corrected chi connectivity index (χ2v) is 5.30. The summed E-state index contributed by atoms with van der Waals surface area (Å²) in [6, 6.07) is 6.63. The van der Waals surface area contributed by atoms with Crippen molar-refractivity contribution in [3.8, 4) is 0 Å². The van der Waals surface area contributed by atoms with E-state index in [1.807, 2.05) is 4.90 Å². The fourth-order valence-corrected chi connectivity index (χ4v) is 2.76. The van der Waals surface area contributed by atoms with Crippen molar-refractivity contribution in [2.24, 2.45) is 0 Å². The molecule has 0 aliphatic carbocycles. The molecule has 0 saturated carbocycles. The van der Waals surface area contributed by atoms with Crippen molar-refractivity contribution in [2.45, 2.75) is 32.7 Å². The number of halogens is 1. The molecule has 0 radical (unpaired) electrons. The number of carbonyl (C=O) groups excluding carboxylic acids is 1. The van der Waals surface area contributed by atoms with Crippen molar-refractivity contribution in [1.29, 1.82) is 0 Å². The second kappa shape index (κ2) is 4.12. The van der Waals surface area contributed by atoms with Crippen LogP contribution in [-0.4, -0.2) is 11.9 Å². The van der Waals surface area contributed by atoms with E-state index in [2.05, 4.69) is 47.7 Å². The molecule has 0 fully saturated rings. The highest BCUT2D eigenvalue weighted by atomic mass is 127. The van der Waals surface area contributed by atoms with E-state index in [0.717, 1.165) is 18.5 Å². The van der Waals surface area contributed by atoms with Crippen molar-refractivity contribution in [3.05, 3.63) is 27.3 Å². The molecule has 1 aliphatic rings. The third kappa shape index (κ3) is 2.02. The number of fused-ring (bicyclic) bond motifs is 1. The lowest BCUT2D eigenvalue weighted by Crippen LogP contribution is -2.40. The lowest BCUT2D eigenvalue weighted by Gasteiger charge is -2.34. The average Bonchev–Trinajstić information content (AvgIpc) is 2.17. The van der Waals surface area contributed by atoms with Gasteiger partial charge in [-0.3, -0.25) is 4.79 Å².